The van der Waals surface area contributed by atoms with Crippen molar-refractivity contribution in [2.45, 2.75) is 7.43 Å². The molecule has 212 valence electrons. The number of hydrogen-bond acceptors (Lipinski definition) is 10. The van der Waals surface area contributed by atoms with E-state index < -0.39 is 7.12 Å². The smallest absolute Gasteiger partial charge is 0.422 e. The van der Waals surface area contributed by atoms with Gasteiger partial charge in [0, 0.05) is 36.5 Å². The molecule has 14 heteroatoms. The molecule has 6 aromatic heterocycles. The summed E-state index contributed by atoms with van der Waals surface area (Å²) in [6.07, 6.45) is 3.43. The first-order valence-electron chi connectivity index (χ1n) is 11.8. The van der Waals surface area contributed by atoms with Gasteiger partial charge in [-0.15, -0.1) is 22.7 Å². The van der Waals surface area contributed by atoms with Crippen LogP contribution in [0.4, 0.5) is 11.6 Å². The Morgan fingerprint density at radius 2 is 1.34 bits per heavy atom. The Morgan fingerprint density at radius 3 is 1.78 bits per heavy atom. The summed E-state index contributed by atoms with van der Waals surface area (Å²) in [6.45, 7) is 0. The zero-order chi connectivity index (χ0) is 28.6. The molecule has 6 N–H and O–H groups in total. The second kappa shape index (κ2) is 14.7. The molecule has 0 unspecified atom stereocenters. The van der Waals surface area contributed by atoms with Gasteiger partial charge in [-0.2, -0.15) is 10.2 Å². The fourth-order valence-corrected chi connectivity index (χ4v) is 5.09. The van der Waals surface area contributed by atoms with E-state index in [0.29, 0.717) is 17.2 Å². The van der Waals surface area contributed by atoms with Crippen LogP contribution >= 0.6 is 38.6 Å². The number of aromatic nitrogens is 6. The topological polar surface area (TPSA) is 154 Å². The van der Waals surface area contributed by atoms with Crippen molar-refractivity contribution in [2.24, 2.45) is 14.1 Å². The van der Waals surface area contributed by atoms with Gasteiger partial charge in [0.2, 0.25) is 0 Å². The SMILES string of the molecule is C.Cn1nc(-c2cccs2)cc1-c1ccc(N)nc1.Cn1nc(-c2cccs2)cc1B(O)O.Nc1ccc(Br)cn1. The lowest BCUT2D eigenvalue weighted by Gasteiger charge is -2.00. The lowest BCUT2D eigenvalue weighted by Crippen LogP contribution is -2.35. The standard InChI is InChI=1S/C13H12N4S.C8H9BN2O2S.C5H5BrN2.CH4/c1-17-11(9-4-5-13(14)15-8-9)7-10(16-17)12-3-2-6-18-12;1-11-8(9(12)13)5-6(10-11)7-3-2-4-14-7;6-4-1-2-5(7)8-3-4;/h2-8H,1H3,(H2,14,15);2-5,12-13H,1H3;1-3H,(H2,7,8);1H4. The largest absolute Gasteiger partial charge is 0.507 e. The van der Waals surface area contributed by atoms with E-state index in [9.17, 15) is 0 Å². The Balaban J connectivity index is 0.000000179. The summed E-state index contributed by atoms with van der Waals surface area (Å²) in [5.74, 6) is 1.08. The number of nitrogens with two attached hydrogens (primary N) is 2. The van der Waals surface area contributed by atoms with Crippen LogP contribution in [0.3, 0.4) is 0 Å². The first-order chi connectivity index (χ1) is 19.2. The summed E-state index contributed by atoms with van der Waals surface area (Å²) in [4.78, 5) is 10.1. The quantitative estimate of drug-likeness (QED) is 0.200. The molecule has 0 aliphatic rings. The molecular formula is C27H30BBrN8O2S2. The van der Waals surface area contributed by atoms with Crippen LogP contribution in [-0.2, 0) is 14.1 Å². The Morgan fingerprint density at radius 1 is 0.780 bits per heavy atom. The van der Waals surface area contributed by atoms with Crippen LogP contribution < -0.4 is 17.1 Å². The van der Waals surface area contributed by atoms with Gasteiger partial charge in [-0.1, -0.05) is 19.6 Å². The van der Waals surface area contributed by atoms with E-state index in [1.807, 2.05) is 47.4 Å². The van der Waals surface area contributed by atoms with Crippen LogP contribution in [0.5, 0.6) is 0 Å². The van der Waals surface area contributed by atoms with Crippen molar-refractivity contribution in [3.8, 4) is 32.4 Å². The number of hydrogen-bond donors (Lipinski definition) is 4. The molecular weight excluding hydrogens is 623 g/mol. The lowest BCUT2D eigenvalue weighted by atomic mass is 9.86. The molecule has 0 saturated heterocycles. The third-order valence-corrected chi connectivity index (χ3v) is 7.69. The van der Waals surface area contributed by atoms with Crippen molar-refractivity contribution >= 4 is 63.0 Å². The van der Waals surface area contributed by atoms with Gasteiger partial charge in [0.05, 0.1) is 21.0 Å². The Labute approximate surface area is 255 Å². The molecule has 6 aromatic rings. The molecule has 41 heavy (non-hydrogen) atoms. The Kier molecular flexibility index (Phi) is 11.4. The molecule has 0 bridgehead atoms. The maximum absolute atomic E-state index is 9.01. The molecule has 0 aromatic carbocycles. The van der Waals surface area contributed by atoms with E-state index in [0.717, 1.165) is 32.0 Å². The number of nitrogen functional groups attached to an aromatic ring is 2. The molecule has 0 saturated carbocycles. The van der Waals surface area contributed by atoms with Crippen molar-refractivity contribution in [2.75, 3.05) is 11.5 Å². The van der Waals surface area contributed by atoms with Gasteiger partial charge in [-0.05, 0) is 75.2 Å². The zero-order valence-electron chi connectivity index (χ0n) is 21.6. The second-order valence-corrected chi connectivity index (χ2v) is 11.1. The molecule has 0 fully saturated rings. The monoisotopic (exact) mass is 652 g/mol. The summed E-state index contributed by atoms with van der Waals surface area (Å²) >= 11 is 6.48. The summed E-state index contributed by atoms with van der Waals surface area (Å²) in [7, 11) is 2.15. The number of pyridine rings is 2. The van der Waals surface area contributed by atoms with E-state index in [-0.39, 0.29) is 7.43 Å². The van der Waals surface area contributed by atoms with Crippen LogP contribution in [0.2, 0.25) is 0 Å². The van der Waals surface area contributed by atoms with Gasteiger partial charge in [0.1, 0.15) is 23.0 Å². The summed E-state index contributed by atoms with van der Waals surface area (Å²) in [5.41, 5.74) is 15.1. The normalized spacial score (nSPS) is 10.1. The molecule has 0 aliphatic carbocycles. The highest BCUT2D eigenvalue weighted by Crippen LogP contribution is 2.28. The summed E-state index contributed by atoms with van der Waals surface area (Å²) in [6, 6.07) is 19.1. The Hall–Kier alpha value is -3.82. The average Bonchev–Trinajstić information content (AvgIpc) is 3.74. The molecule has 0 atom stereocenters. The molecule has 0 spiro atoms. The fourth-order valence-electron chi connectivity index (χ4n) is 3.49. The molecule has 10 nitrogen and oxygen atoms in total. The lowest BCUT2D eigenvalue weighted by molar-refractivity contribution is 0.421. The van der Waals surface area contributed by atoms with E-state index in [1.54, 1.807) is 60.3 Å². The zero-order valence-corrected chi connectivity index (χ0v) is 24.8. The minimum atomic E-state index is -1.47. The average molecular weight is 653 g/mol. The van der Waals surface area contributed by atoms with Gasteiger partial charge in [0.15, 0.2) is 0 Å². The van der Waals surface area contributed by atoms with Crippen LogP contribution in [0.15, 0.2) is 88.3 Å². The number of anilines is 2. The minimum absolute atomic E-state index is 0. The number of aryl methyl sites for hydroxylation is 2. The number of halogens is 1. The predicted molar refractivity (Wildman–Crippen MR) is 174 cm³/mol. The van der Waals surface area contributed by atoms with E-state index in [2.05, 4.69) is 53.6 Å². The van der Waals surface area contributed by atoms with Gasteiger partial charge in [-0.3, -0.25) is 9.36 Å². The summed E-state index contributed by atoms with van der Waals surface area (Å²) in [5, 5.41) is 30.7. The van der Waals surface area contributed by atoms with Crippen molar-refractivity contribution in [1.29, 1.82) is 0 Å². The van der Waals surface area contributed by atoms with E-state index >= 15 is 0 Å². The number of nitrogens with zero attached hydrogens (tertiary/aromatic N) is 6. The van der Waals surface area contributed by atoms with Gasteiger partial charge >= 0.3 is 7.12 Å². The van der Waals surface area contributed by atoms with Gasteiger partial charge in [-0.25, -0.2) is 9.97 Å². The van der Waals surface area contributed by atoms with Crippen LogP contribution in [0.1, 0.15) is 7.43 Å². The van der Waals surface area contributed by atoms with Crippen LogP contribution in [-0.4, -0.2) is 46.7 Å². The molecule has 6 heterocycles. The molecule has 6 rings (SSSR count). The van der Waals surface area contributed by atoms with E-state index in [4.69, 9.17) is 21.5 Å². The third-order valence-electron chi connectivity index (χ3n) is 5.44. The maximum atomic E-state index is 9.01. The third kappa shape index (κ3) is 8.58. The second-order valence-electron chi connectivity index (χ2n) is 8.32. The number of rotatable bonds is 4. The fraction of sp³-hybridized carbons (Fsp3) is 0.111. The van der Waals surface area contributed by atoms with Crippen LogP contribution in [0.25, 0.3) is 32.4 Å². The highest BCUT2D eigenvalue weighted by molar-refractivity contribution is 9.10. The highest BCUT2D eigenvalue weighted by Gasteiger charge is 2.18. The first-order valence-corrected chi connectivity index (χ1v) is 14.4. The maximum Gasteiger partial charge on any atom is 0.507 e. The molecule has 0 amide bonds. The van der Waals surface area contributed by atoms with Gasteiger partial charge < -0.3 is 21.5 Å². The minimum Gasteiger partial charge on any atom is -0.422 e. The van der Waals surface area contributed by atoms with Crippen LogP contribution in [0, 0.1) is 0 Å². The van der Waals surface area contributed by atoms with Crippen molar-refractivity contribution in [3.05, 3.63) is 88.3 Å². The predicted octanol–water partition coefficient (Wildman–Crippen LogP) is 4.68. The highest BCUT2D eigenvalue weighted by atomic mass is 79.9. The van der Waals surface area contributed by atoms with Crippen molar-refractivity contribution < 1.29 is 10.0 Å². The van der Waals surface area contributed by atoms with Crippen molar-refractivity contribution in [3.63, 3.8) is 0 Å². The number of thiophene rings is 2. The molecule has 0 radical (unpaired) electrons. The van der Waals surface area contributed by atoms with E-state index in [1.165, 1.54) is 9.56 Å². The summed E-state index contributed by atoms with van der Waals surface area (Å²) < 4.78 is 4.29. The Bertz CT molecular complexity index is 1600. The van der Waals surface area contributed by atoms with Gasteiger partial charge in [0.25, 0.3) is 0 Å². The first kappa shape index (κ1) is 31.7. The molecule has 0 aliphatic heterocycles. The van der Waals surface area contributed by atoms with Crippen molar-refractivity contribution in [1.82, 2.24) is 29.5 Å².